The van der Waals surface area contributed by atoms with Gasteiger partial charge in [0.05, 0.1) is 16.3 Å². The zero-order valence-corrected chi connectivity index (χ0v) is 10.6. The summed E-state index contributed by atoms with van der Waals surface area (Å²) < 4.78 is 1.13. The molecule has 2 aromatic rings. The zero-order chi connectivity index (χ0) is 10.8. The predicted octanol–water partition coefficient (Wildman–Crippen LogP) is 3.34. The predicted molar refractivity (Wildman–Crippen MR) is 65.4 cm³/mol. The average Bonchev–Trinajstić information content (AvgIpc) is 2.72. The van der Waals surface area contributed by atoms with Crippen LogP contribution in [0.1, 0.15) is 19.5 Å². The molecule has 3 nitrogen and oxygen atoms in total. The normalized spacial score (nSPS) is 11.2. The van der Waals surface area contributed by atoms with E-state index in [1.54, 1.807) is 29.3 Å². The number of nitrogens with zero attached hydrogens (tertiary/aromatic N) is 2. The van der Waals surface area contributed by atoms with E-state index in [0.29, 0.717) is 5.25 Å². The van der Waals surface area contributed by atoms with Crippen LogP contribution in [0.15, 0.2) is 16.6 Å². The maximum atomic E-state index is 4.54. The first-order valence-corrected chi connectivity index (χ1v) is 6.50. The van der Waals surface area contributed by atoms with Gasteiger partial charge in [-0.1, -0.05) is 25.6 Å². The molecule has 2 aromatic heterocycles. The molecule has 0 saturated heterocycles. The Morgan fingerprint density at radius 2 is 2.27 bits per heavy atom. The summed E-state index contributed by atoms with van der Waals surface area (Å²) in [6.07, 6.45) is 1.77. The SMILES string of the molecule is Cc1nc(SC(C)C)sc1-c1ccn[nH]1. The molecule has 5 heteroatoms. The van der Waals surface area contributed by atoms with Gasteiger partial charge < -0.3 is 0 Å². The number of aryl methyl sites for hydroxylation is 1. The molecule has 0 radical (unpaired) electrons. The highest BCUT2D eigenvalue weighted by Gasteiger charge is 2.11. The summed E-state index contributed by atoms with van der Waals surface area (Å²) in [4.78, 5) is 5.73. The number of H-pyrrole nitrogens is 1. The third kappa shape index (κ3) is 2.41. The minimum Gasteiger partial charge on any atom is -0.277 e. The van der Waals surface area contributed by atoms with E-state index in [2.05, 4.69) is 29.0 Å². The molecule has 2 rings (SSSR count). The smallest absolute Gasteiger partial charge is 0.151 e. The van der Waals surface area contributed by atoms with Crippen LogP contribution in [0.3, 0.4) is 0 Å². The third-order valence-electron chi connectivity index (χ3n) is 1.86. The lowest BCUT2D eigenvalue weighted by molar-refractivity contribution is 1.08. The van der Waals surface area contributed by atoms with Crippen LogP contribution in [-0.2, 0) is 0 Å². The van der Waals surface area contributed by atoms with Crippen LogP contribution < -0.4 is 0 Å². The molecule has 0 unspecified atom stereocenters. The fraction of sp³-hybridized carbons (Fsp3) is 0.400. The van der Waals surface area contributed by atoms with Crippen molar-refractivity contribution in [3.63, 3.8) is 0 Å². The number of hydrogen-bond donors (Lipinski definition) is 1. The Balaban J connectivity index is 2.30. The Kier molecular flexibility index (Phi) is 3.11. The molecule has 0 saturated carbocycles. The fourth-order valence-electron chi connectivity index (χ4n) is 1.26. The lowest BCUT2D eigenvalue weighted by Crippen LogP contribution is -1.84. The van der Waals surface area contributed by atoms with Gasteiger partial charge in [-0.15, -0.1) is 11.3 Å². The van der Waals surface area contributed by atoms with Crippen LogP contribution in [0.25, 0.3) is 10.6 Å². The van der Waals surface area contributed by atoms with Crippen LogP contribution in [0.5, 0.6) is 0 Å². The van der Waals surface area contributed by atoms with Crippen LogP contribution in [0.2, 0.25) is 0 Å². The minimum atomic E-state index is 0.574. The van der Waals surface area contributed by atoms with Gasteiger partial charge in [-0.25, -0.2) is 4.98 Å². The minimum absolute atomic E-state index is 0.574. The first-order valence-electron chi connectivity index (χ1n) is 4.80. The molecule has 0 aliphatic heterocycles. The molecule has 0 aromatic carbocycles. The van der Waals surface area contributed by atoms with Crippen LogP contribution in [-0.4, -0.2) is 20.4 Å². The Morgan fingerprint density at radius 1 is 1.47 bits per heavy atom. The van der Waals surface area contributed by atoms with Gasteiger partial charge in [-0.05, 0) is 13.0 Å². The number of thiazole rings is 1. The lowest BCUT2D eigenvalue weighted by atomic mass is 10.3. The molecule has 0 aliphatic rings. The van der Waals surface area contributed by atoms with Gasteiger partial charge in [0.15, 0.2) is 4.34 Å². The second-order valence-electron chi connectivity index (χ2n) is 3.53. The molecule has 15 heavy (non-hydrogen) atoms. The van der Waals surface area contributed by atoms with E-state index in [1.165, 1.54) is 4.88 Å². The van der Waals surface area contributed by atoms with Crippen molar-refractivity contribution in [2.24, 2.45) is 0 Å². The maximum absolute atomic E-state index is 4.54. The van der Waals surface area contributed by atoms with Crippen molar-refractivity contribution in [3.05, 3.63) is 18.0 Å². The second-order valence-corrected chi connectivity index (χ2v) is 6.35. The first-order chi connectivity index (χ1) is 7.16. The average molecular weight is 239 g/mol. The molecule has 0 amide bonds. The van der Waals surface area contributed by atoms with Gasteiger partial charge in [-0.2, -0.15) is 5.10 Å². The number of hydrogen-bond acceptors (Lipinski definition) is 4. The lowest BCUT2D eigenvalue weighted by Gasteiger charge is -1.97. The summed E-state index contributed by atoms with van der Waals surface area (Å²) in [5.74, 6) is 0. The van der Waals surface area contributed by atoms with E-state index in [4.69, 9.17) is 0 Å². The Labute approximate surface area is 97.3 Å². The molecule has 0 fully saturated rings. The molecular formula is C10H13N3S2. The topological polar surface area (TPSA) is 41.6 Å². The van der Waals surface area contributed by atoms with Crippen molar-refractivity contribution < 1.29 is 0 Å². The van der Waals surface area contributed by atoms with Gasteiger partial charge in [0, 0.05) is 11.4 Å². The Morgan fingerprint density at radius 3 is 2.87 bits per heavy atom. The van der Waals surface area contributed by atoms with Gasteiger partial charge in [-0.3, -0.25) is 5.10 Å². The molecular weight excluding hydrogens is 226 g/mol. The standard InChI is InChI=1S/C10H13N3S2/c1-6(2)14-10-12-7(3)9(15-10)8-4-5-11-13-8/h4-6H,1-3H3,(H,11,13). The number of thioether (sulfide) groups is 1. The third-order valence-corrected chi connectivity index (χ3v) is 4.15. The van der Waals surface area contributed by atoms with Crippen LogP contribution in [0.4, 0.5) is 0 Å². The van der Waals surface area contributed by atoms with Gasteiger partial charge in [0.25, 0.3) is 0 Å². The van der Waals surface area contributed by atoms with E-state index >= 15 is 0 Å². The van der Waals surface area contributed by atoms with E-state index < -0.39 is 0 Å². The van der Waals surface area contributed by atoms with Crippen molar-refractivity contribution in [1.82, 2.24) is 15.2 Å². The van der Waals surface area contributed by atoms with E-state index in [-0.39, 0.29) is 0 Å². The number of rotatable bonds is 3. The summed E-state index contributed by atoms with van der Waals surface area (Å²) >= 11 is 3.53. The molecule has 0 bridgehead atoms. The highest BCUT2D eigenvalue weighted by Crippen LogP contribution is 2.35. The highest BCUT2D eigenvalue weighted by molar-refractivity contribution is 8.01. The van der Waals surface area contributed by atoms with Crippen molar-refractivity contribution in [1.29, 1.82) is 0 Å². The summed E-state index contributed by atoms with van der Waals surface area (Å²) in [6, 6.07) is 1.98. The summed E-state index contributed by atoms with van der Waals surface area (Å²) in [5.41, 5.74) is 2.13. The largest absolute Gasteiger partial charge is 0.277 e. The van der Waals surface area contributed by atoms with Gasteiger partial charge >= 0.3 is 0 Å². The summed E-state index contributed by atoms with van der Waals surface area (Å²) in [6.45, 7) is 6.39. The van der Waals surface area contributed by atoms with E-state index in [0.717, 1.165) is 15.7 Å². The van der Waals surface area contributed by atoms with Gasteiger partial charge in [0.2, 0.25) is 0 Å². The summed E-state index contributed by atoms with van der Waals surface area (Å²) in [7, 11) is 0. The monoisotopic (exact) mass is 239 g/mol. The Hall–Kier alpha value is -0.810. The quantitative estimate of drug-likeness (QED) is 0.835. The zero-order valence-electron chi connectivity index (χ0n) is 8.94. The van der Waals surface area contributed by atoms with Crippen LogP contribution >= 0.6 is 23.1 Å². The van der Waals surface area contributed by atoms with E-state index in [9.17, 15) is 0 Å². The van der Waals surface area contributed by atoms with Gasteiger partial charge in [0.1, 0.15) is 0 Å². The maximum Gasteiger partial charge on any atom is 0.151 e. The van der Waals surface area contributed by atoms with Crippen LogP contribution in [0, 0.1) is 6.92 Å². The second kappa shape index (κ2) is 4.37. The number of nitrogens with one attached hydrogen (secondary N) is 1. The number of aromatic amines is 1. The molecule has 2 heterocycles. The van der Waals surface area contributed by atoms with Crippen molar-refractivity contribution >= 4 is 23.1 Å². The highest BCUT2D eigenvalue weighted by atomic mass is 32.2. The van der Waals surface area contributed by atoms with Crippen molar-refractivity contribution in [2.45, 2.75) is 30.4 Å². The summed E-state index contributed by atoms with van der Waals surface area (Å²) in [5, 5.41) is 7.50. The first kappa shape index (κ1) is 10.7. The molecule has 0 aliphatic carbocycles. The molecule has 80 valence electrons. The fourth-order valence-corrected chi connectivity index (χ4v) is 3.64. The number of aromatic nitrogens is 3. The Bertz CT molecular complexity index is 431. The van der Waals surface area contributed by atoms with Crippen molar-refractivity contribution in [2.75, 3.05) is 0 Å². The van der Waals surface area contributed by atoms with E-state index in [1.807, 2.05) is 13.0 Å². The molecule has 0 atom stereocenters. The molecule has 1 N–H and O–H groups in total. The molecule has 0 spiro atoms. The van der Waals surface area contributed by atoms with Crippen molar-refractivity contribution in [3.8, 4) is 10.6 Å².